The van der Waals surface area contributed by atoms with Crippen LogP contribution in [0, 0.1) is 10.1 Å². The van der Waals surface area contributed by atoms with Gasteiger partial charge in [0, 0.05) is 56.5 Å². The zero-order valence-corrected chi connectivity index (χ0v) is 21.4. The molecule has 0 saturated carbocycles. The summed E-state index contributed by atoms with van der Waals surface area (Å²) in [5, 5.41) is 14.7. The zero-order valence-electron chi connectivity index (χ0n) is 21.4. The molecule has 1 fully saturated rings. The van der Waals surface area contributed by atoms with Gasteiger partial charge in [0.05, 0.1) is 17.7 Å². The van der Waals surface area contributed by atoms with E-state index in [1.165, 1.54) is 23.3 Å². The van der Waals surface area contributed by atoms with E-state index in [0.717, 1.165) is 74.7 Å². The number of nitro benzene ring substituents is 1. The third-order valence-electron chi connectivity index (χ3n) is 7.58. The molecule has 1 aliphatic carbocycles. The Kier molecular flexibility index (Phi) is 7.23. The largest absolute Gasteiger partial charge is 0.497 e. The molecule has 2 aliphatic rings. The number of aryl methyl sites for hydroxylation is 1. The molecule has 0 amide bonds. The van der Waals surface area contributed by atoms with E-state index in [2.05, 4.69) is 17.4 Å². The summed E-state index contributed by atoms with van der Waals surface area (Å²) >= 11 is 0. The van der Waals surface area contributed by atoms with Crippen molar-refractivity contribution in [2.75, 3.05) is 44.1 Å². The molecule has 1 saturated heterocycles. The summed E-state index contributed by atoms with van der Waals surface area (Å²) in [6, 6.07) is 15.0. The number of ether oxygens (including phenoxy) is 2. The van der Waals surface area contributed by atoms with Gasteiger partial charge in [-0.05, 0) is 55.4 Å². The highest BCUT2D eigenvalue weighted by molar-refractivity contribution is 5.54. The van der Waals surface area contributed by atoms with E-state index in [1.807, 2.05) is 24.1 Å². The second-order valence-corrected chi connectivity index (χ2v) is 9.91. The number of benzene rings is 2. The summed E-state index contributed by atoms with van der Waals surface area (Å²) in [7, 11) is 3.64. The molecule has 1 N–H and O–H groups in total. The highest BCUT2D eigenvalue weighted by atomic mass is 16.6. The molecular formula is C28H33N5O4. The zero-order chi connectivity index (χ0) is 25.8. The molecule has 3 aromatic rings. The first-order valence-corrected chi connectivity index (χ1v) is 12.8. The number of non-ortho nitro benzene ring substituents is 1. The third-order valence-corrected chi connectivity index (χ3v) is 7.58. The van der Waals surface area contributed by atoms with Gasteiger partial charge in [-0.25, -0.2) is 4.98 Å². The first kappa shape index (κ1) is 25.0. The number of anilines is 2. The van der Waals surface area contributed by atoms with Crippen LogP contribution in [0.3, 0.4) is 0 Å². The smallest absolute Gasteiger partial charge is 0.269 e. The quantitative estimate of drug-likeness (QED) is 0.332. The molecule has 1 aromatic heterocycles. The van der Waals surface area contributed by atoms with Crippen molar-refractivity contribution >= 4 is 17.5 Å². The van der Waals surface area contributed by atoms with Gasteiger partial charge < -0.3 is 19.7 Å². The number of methoxy groups -OCH3 is 1. The van der Waals surface area contributed by atoms with Gasteiger partial charge in [-0.15, -0.1) is 0 Å². The Balaban J connectivity index is 1.37. The Morgan fingerprint density at radius 2 is 1.81 bits per heavy atom. The van der Waals surface area contributed by atoms with E-state index >= 15 is 0 Å². The van der Waals surface area contributed by atoms with Gasteiger partial charge in [-0.1, -0.05) is 24.3 Å². The van der Waals surface area contributed by atoms with Crippen molar-refractivity contribution in [1.82, 2.24) is 9.97 Å². The standard InChI is InChI=1S/C28H33N5O4/c1-32(18-20-6-10-22(11-7-20)33(34)35)27-30-25-5-3-4-24(25)26(31-27)29-19-28(14-16-37-17-15-28)21-8-12-23(36-2)13-9-21/h6-13H,3-5,14-19H2,1-2H3,(H,29,30,31). The lowest BCUT2D eigenvalue weighted by molar-refractivity contribution is -0.384. The number of nitrogens with zero attached hydrogens (tertiary/aromatic N) is 4. The number of rotatable bonds is 9. The maximum atomic E-state index is 11.0. The molecule has 0 spiro atoms. The number of aromatic nitrogens is 2. The van der Waals surface area contributed by atoms with Gasteiger partial charge in [-0.2, -0.15) is 4.98 Å². The van der Waals surface area contributed by atoms with Crippen molar-refractivity contribution in [3.05, 3.63) is 81.0 Å². The van der Waals surface area contributed by atoms with Crippen molar-refractivity contribution in [2.45, 2.75) is 44.1 Å². The topological polar surface area (TPSA) is 103 Å². The number of hydrogen-bond donors (Lipinski definition) is 1. The maximum Gasteiger partial charge on any atom is 0.269 e. The van der Waals surface area contributed by atoms with Crippen LogP contribution in [0.15, 0.2) is 48.5 Å². The van der Waals surface area contributed by atoms with E-state index < -0.39 is 0 Å². The molecule has 0 bridgehead atoms. The Labute approximate surface area is 217 Å². The van der Waals surface area contributed by atoms with Crippen LogP contribution in [0.5, 0.6) is 5.75 Å². The molecule has 1 aliphatic heterocycles. The van der Waals surface area contributed by atoms with Gasteiger partial charge in [0.2, 0.25) is 5.95 Å². The first-order valence-electron chi connectivity index (χ1n) is 12.8. The molecule has 0 atom stereocenters. The van der Waals surface area contributed by atoms with Gasteiger partial charge in [-0.3, -0.25) is 10.1 Å². The minimum atomic E-state index is -0.383. The Morgan fingerprint density at radius 1 is 1.08 bits per heavy atom. The average molecular weight is 504 g/mol. The van der Waals surface area contributed by atoms with Crippen LogP contribution >= 0.6 is 0 Å². The Morgan fingerprint density at radius 3 is 2.49 bits per heavy atom. The molecular weight excluding hydrogens is 470 g/mol. The van der Waals surface area contributed by atoms with Crippen molar-refractivity contribution in [2.24, 2.45) is 0 Å². The summed E-state index contributed by atoms with van der Waals surface area (Å²) < 4.78 is 11.1. The highest BCUT2D eigenvalue weighted by Crippen LogP contribution is 2.37. The second kappa shape index (κ2) is 10.7. The molecule has 2 aromatic carbocycles. The van der Waals surface area contributed by atoms with Crippen LogP contribution in [-0.2, 0) is 29.5 Å². The molecule has 0 radical (unpaired) electrons. The molecule has 0 unspecified atom stereocenters. The lowest BCUT2D eigenvalue weighted by Gasteiger charge is -2.38. The van der Waals surface area contributed by atoms with Gasteiger partial charge in [0.25, 0.3) is 5.69 Å². The van der Waals surface area contributed by atoms with Crippen LogP contribution in [0.1, 0.15) is 41.6 Å². The highest BCUT2D eigenvalue weighted by Gasteiger charge is 2.35. The maximum absolute atomic E-state index is 11.0. The minimum absolute atomic E-state index is 0.0498. The lowest BCUT2D eigenvalue weighted by Crippen LogP contribution is -2.40. The molecule has 37 heavy (non-hydrogen) atoms. The van der Waals surface area contributed by atoms with E-state index in [4.69, 9.17) is 19.4 Å². The molecule has 9 nitrogen and oxygen atoms in total. The van der Waals surface area contributed by atoms with Crippen molar-refractivity contribution in [3.63, 3.8) is 0 Å². The summed E-state index contributed by atoms with van der Waals surface area (Å²) in [5.41, 5.74) is 4.60. The Hall–Kier alpha value is -3.72. The van der Waals surface area contributed by atoms with Crippen LogP contribution in [0.2, 0.25) is 0 Å². The first-order chi connectivity index (χ1) is 18.0. The molecule has 9 heteroatoms. The van der Waals surface area contributed by atoms with Gasteiger partial charge >= 0.3 is 0 Å². The predicted molar refractivity (Wildman–Crippen MR) is 142 cm³/mol. The number of nitrogens with one attached hydrogen (secondary N) is 1. The van der Waals surface area contributed by atoms with Crippen LogP contribution in [0.25, 0.3) is 0 Å². The van der Waals surface area contributed by atoms with Crippen LogP contribution < -0.4 is 15.0 Å². The molecule has 5 rings (SSSR count). The fourth-order valence-corrected chi connectivity index (χ4v) is 5.33. The van der Waals surface area contributed by atoms with E-state index in [1.54, 1.807) is 19.2 Å². The third kappa shape index (κ3) is 5.36. The van der Waals surface area contributed by atoms with Crippen molar-refractivity contribution in [1.29, 1.82) is 0 Å². The summed E-state index contributed by atoms with van der Waals surface area (Å²) in [4.78, 5) is 22.4. The SMILES string of the molecule is COc1ccc(C2(CNc3nc(N(C)Cc4ccc([N+](=O)[O-])cc4)nc4c3CCC4)CCOCC2)cc1. The van der Waals surface area contributed by atoms with E-state index in [-0.39, 0.29) is 16.0 Å². The second-order valence-electron chi connectivity index (χ2n) is 9.91. The normalized spacial score (nSPS) is 16.2. The monoisotopic (exact) mass is 503 g/mol. The van der Waals surface area contributed by atoms with Crippen LogP contribution in [-0.4, -0.2) is 48.8 Å². The fourth-order valence-electron chi connectivity index (χ4n) is 5.33. The minimum Gasteiger partial charge on any atom is -0.497 e. The van der Waals surface area contributed by atoms with Crippen molar-refractivity contribution in [3.8, 4) is 5.75 Å². The predicted octanol–water partition coefficient (Wildman–Crippen LogP) is 4.68. The van der Waals surface area contributed by atoms with E-state index in [0.29, 0.717) is 12.5 Å². The van der Waals surface area contributed by atoms with Gasteiger partial charge in [0.1, 0.15) is 11.6 Å². The molecule has 2 heterocycles. The summed E-state index contributed by atoms with van der Waals surface area (Å²) in [6.45, 7) is 2.79. The lowest BCUT2D eigenvalue weighted by atomic mass is 9.74. The van der Waals surface area contributed by atoms with Crippen molar-refractivity contribution < 1.29 is 14.4 Å². The fraction of sp³-hybridized carbons (Fsp3) is 0.429. The van der Waals surface area contributed by atoms with Gasteiger partial charge in [0.15, 0.2) is 0 Å². The van der Waals surface area contributed by atoms with E-state index in [9.17, 15) is 10.1 Å². The molecule has 194 valence electrons. The Bertz CT molecular complexity index is 1240. The van der Waals surface area contributed by atoms with Crippen LogP contribution in [0.4, 0.5) is 17.5 Å². The average Bonchev–Trinajstić information content (AvgIpc) is 3.41. The summed E-state index contributed by atoms with van der Waals surface area (Å²) in [6.07, 6.45) is 4.87. The number of hydrogen-bond acceptors (Lipinski definition) is 8. The summed E-state index contributed by atoms with van der Waals surface area (Å²) in [5.74, 6) is 2.42. The number of fused-ring (bicyclic) bond motifs is 1. The number of nitro groups is 1.